The number of fused-ring (bicyclic) bond motifs is 2. The van der Waals surface area contributed by atoms with Gasteiger partial charge in [-0.1, -0.05) is 48.5 Å². The molecule has 5 rings (SSSR count). The molecule has 0 aliphatic carbocycles. The van der Waals surface area contributed by atoms with Crippen molar-refractivity contribution in [1.29, 1.82) is 0 Å². The minimum atomic E-state index is 0.235. The van der Waals surface area contributed by atoms with E-state index in [1.54, 1.807) is 7.11 Å². The lowest BCUT2D eigenvalue weighted by atomic mass is 9.99. The van der Waals surface area contributed by atoms with E-state index in [1.165, 1.54) is 21.9 Å². The van der Waals surface area contributed by atoms with E-state index in [9.17, 15) is 0 Å². The summed E-state index contributed by atoms with van der Waals surface area (Å²) in [4.78, 5) is 4.33. The second-order valence-electron chi connectivity index (χ2n) is 7.82. The number of aromatic nitrogens is 2. The molecule has 0 unspecified atom stereocenters. The molecule has 2 aromatic heterocycles. The smallest absolute Gasteiger partial charge is 0.136 e. The van der Waals surface area contributed by atoms with Gasteiger partial charge < -0.3 is 14.5 Å². The molecule has 0 fully saturated rings. The minimum Gasteiger partial charge on any atom is -0.496 e. The van der Waals surface area contributed by atoms with E-state index in [-0.39, 0.29) is 6.04 Å². The fourth-order valence-corrected chi connectivity index (χ4v) is 4.18. The van der Waals surface area contributed by atoms with E-state index >= 15 is 0 Å². The molecule has 0 bridgehead atoms. The highest BCUT2D eigenvalue weighted by atomic mass is 16.5. The maximum atomic E-state index is 5.65. The number of nitrogens with one attached hydrogen (secondary N) is 1. The number of imidazole rings is 1. The third-order valence-electron chi connectivity index (χ3n) is 5.87. The summed E-state index contributed by atoms with van der Waals surface area (Å²) in [6, 6.07) is 25.8. The molecule has 31 heavy (non-hydrogen) atoms. The van der Waals surface area contributed by atoms with Crippen molar-refractivity contribution in [3.63, 3.8) is 0 Å². The number of nitrogens with zero attached hydrogens (tertiary/aromatic N) is 2. The van der Waals surface area contributed by atoms with Gasteiger partial charge in [-0.15, -0.1) is 0 Å². The Kier molecular flexibility index (Phi) is 5.14. The molecule has 0 radical (unpaired) electrons. The van der Waals surface area contributed by atoms with Gasteiger partial charge in [0.1, 0.15) is 11.4 Å². The van der Waals surface area contributed by atoms with Crippen molar-refractivity contribution in [2.45, 2.75) is 19.5 Å². The van der Waals surface area contributed by atoms with Gasteiger partial charge in [-0.3, -0.25) is 0 Å². The Bertz CT molecular complexity index is 1350. The van der Waals surface area contributed by atoms with E-state index in [4.69, 9.17) is 4.74 Å². The Morgan fingerprint density at radius 2 is 1.87 bits per heavy atom. The lowest BCUT2D eigenvalue weighted by molar-refractivity contribution is 0.416. The lowest BCUT2D eigenvalue weighted by Crippen LogP contribution is -2.18. The molecule has 5 aromatic rings. The minimum absolute atomic E-state index is 0.235. The van der Waals surface area contributed by atoms with E-state index in [0.717, 1.165) is 29.1 Å². The largest absolute Gasteiger partial charge is 0.496 e. The van der Waals surface area contributed by atoms with Gasteiger partial charge >= 0.3 is 0 Å². The van der Waals surface area contributed by atoms with Crippen LogP contribution in [-0.2, 0) is 6.54 Å². The van der Waals surface area contributed by atoms with Crippen LogP contribution in [0.15, 0.2) is 91.4 Å². The fourth-order valence-electron chi connectivity index (χ4n) is 4.18. The van der Waals surface area contributed by atoms with Crippen LogP contribution < -0.4 is 10.1 Å². The van der Waals surface area contributed by atoms with Crippen molar-refractivity contribution in [2.24, 2.45) is 0 Å². The lowest BCUT2D eigenvalue weighted by Gasteiger charge is -2.18. The molecule has 0 saturated heterocycles. The summed E-state index contributed by atoms with van der Waals surface area (Å²) in [5.74, 6) is 0.866. The number of hydrogen-bond acceptors (Lipinski definition) is 3. The quantitative estimate of drug-likeness (QED) is 0.374. The molecule has 1 N–H and O–H groups in total. The van der Waals surface area contributed by atoms with Gasteiger partial charge in [0.25, 0.3) is 0 Å². The molecule has 0 saturated carbocycles. The molecule has 4 heteroatoms. The van der Waals surface area contributed by atoms with Gasteiger partial charge in [-0.05, 0) is 53.1 Å². The summed E-state index contributed by atoms with van der Waals surface area (Å²) in [6.07, 6.45) is 5.87. The van der Waals surface area contributed by atoms with Crippen LogP contribution in [0.3, 0.4) is 0 Å². The zero-order valence-corrected chi connectivity index (χ0v) is 17.7. The van der Waals surface area contributed by atoms with Crippen molar-refractivity contribution < 1.29 is 4.74 Å². The summed E-state index contributed by atoms with van der Waals surface area (Å²) in [5.41, 5.74) is 5.65. The SMILES string of the molecule is COc1ccc(CN[C@H](C)c2cccc3ccccc23)cc1-c1ccc2nccn2c1. The van der Waals surface area contributed by atoms with Gasteiger partial charge in [0.05, 0.1) is 7.11 Å². The standard InChI is InChI=1S/C27H25N3O/c1-19(23-9-5-7-21-6-3-4-8-24(21)23)29-17-20-10-12-26(31-2)25(16-20)22-11-13-27-28-14-15-30(27)18-22/h3-16,18-19,29H,17H2,1-2H3/t19-/m1/s1. The summed E-state index contributed by atoms with van der Waals surface area (Å²) in [6.45, 7) is 2.99. The van der Waals surface area contributed by atoms with Crippen LogP contribution in [0.2, 0.25) is 0 Å². The normalized spacial score (nSPS) is 12.3. The van der Waals surface area contributed by atoms with E-state index < -0.39 is 0 Å². The highest BCUT2D eigenvalue weighted by Gasteiger charge is 2.11. The van der Waals surface area contributed by atoms with Crippen LogP contribution in [0, 0.1) is 0 Å². The van der Waals surface area contributed by atoms with Gasteiger partial charge in [-0.2, -0.15) is 0 Å². The molecule has 4 nitrogen and oxygen atoms in total. The number of ether oxygens (including phenoxy) is 1. The molecule has 0 aliphatic heterocycles. The average molecular weight is 408 g/mol. The first-order valence-electron chi connectivity index (χ1n) is 10.5. The zero-order valence-electron chi connectivity index (χ0n) is 17.7. The molecule has 0 spiro atoms. The Morgan fingerprint density at radius 1 is 1.00 bits per heavy atom. The highest BCUT2D eigenvalue weighted by molar-refractivity contribution is 5.86. The number of methoxy groups -OCH3 is 1. The fraction of sp³-hybridized carbons (Fsp3) is 0.148. The second-order valence-corrected chi connectivity index (χ2v) is 7.82. The van der Waals surface area contributed by atoms with Crippen LogP contribution in [0.1, 0.15) is 24.1 Å². The number of pyridine rings is 1. The molecule has 154 valence electrons. The van der Waals surface area contributed by atoms with Crippen LogP contribution >= 0.6 is 0 Å². The number of benzene rings is 3. The summed E-state index contributed by atoms with van der Waals surface area (Å²) in [7, 11) is 1.72. The summed E-state index contributed by atoms with van der Waals surface area (Å²) < 4.78 is 7.68. The van der Waals surface area contributed by atoms with Crippen molar-refractivity contribution >= 4 is 16.4 Å². The van der Waals surface area contributed by atoms with Crippen LogP contribution in [-0.4, -0.2) is 16.5 Å². The Labute approximate surface area is 182 Å². The zero-order chi connectivity index (χ0) is 21.2. The summed E-state index contributed by atoms with van der Waals surface area (Å²) in [5, 5.41) is 6.27. The Morgan fingerprint density at radius 3 is 2.77 bits per heavy atom. The Hall–Kier alpha value is -3.63. The van der Waals surface area contributed by atoms with Gasteiger partial charge in [0.15, 0.2) is 0 Å². The van der Waals surface area contributed by atoms with Crippen molar-refractivity contribution in [3.05, 3.63) is 103 Å². The van der Waals surface area contributed by atoms with Crippen molar-refractivity contribution in [2.75, 3.05) is 7.11 Å². The first-order chi connectivity index (χ1) is 15.2. The van der Waals surface area contributed by atoms with Crippen molar-refractivity contribution in [3.8, 4) is 16.9 Å². The molecular formula is C27H25N3O. The molecule has 1 atom stereocenters. The first-order valence-corrected chi connectivity index (χ1v) is 10.5. The van der Waals surface area contributed by atoms with Gasteiger partial charge in [-0.25, -0.2) is 4.98 Å². The molecule has 0 aliphatic rings. The van der Waals surface area contributed by atoms with Crippen LogP contribution in [0.5, 0.6) is 5.75 Å². The van der Waals surface area contributed by atoms with E-state index in [0.29, 0.717) is 0 Å². The molecule has 3 aromatic carbocycles. The first kappa shape index (κ1) is 19.3. The van der Waals surface area contributed by atoms with E-state index in [2.05, 4.69) is 84.1 Å². The molecule has 0 amide bonds. The third kappa shape index (κ3) is 3.78. The monoisotopic (exact) mass is 407 g/mol. The molecule has 2 heterocycles. The predicted molar refractivity (Wildman–Crippen MR) is 126 cm³/mol. The maximum absolute atomic E-state index is 5.65. The topological polar surface area (TPSA) is 38.6 Å². The van der Waals surface area contributed by atoms with Crippen LogP contribution in [0.4, 0.5) is 0 Å². The van der Waals surface area contributed by atoms with Gasteiger partial charge in [0.2, 0.25) is 0 Å². The predicted octanol–water partition coefficient (Wildman–Crippen LogP) is 6.01. The van der Waals surface area contributed by atoms with Crippen molar-refractivity contribution in [1.82, 2.24) is 14.7 Å². The van der Waals surface area contributed by atoms with E-state index in [1.807, 2.05) is 28.9 Å². The average Bonchev–Trinajstić information content (AvgIpc) is 3.30. The van der Waals surface area contributed by atoms with Crippen LogP contribution in [0.25, 0.3) is 27.5 Å². The maximum Gasteiger partial charge on any atom is 0.136 e. The summed E-state index contributed by atoms with van der Waals surface area (Å²) >= 11 is 0. The second kappa shape index (κ2) is 8.25. The number of hydrogen-bond donors (Lipinski definition) is 1. The van der Waals surface area contributed by atoms with Gasteiger partial charge in [0, 0.05) is 42.3 Å². The Balaban J connectivity index is 1.41. The highest BCUT2D eigenvalue weighted by Crippen LogP contribution is 2.31. The number of rotatable bonds is 6. The third-order valence-corrected chi connectivity index (χ3v) is 5.87. The molecular weight excluding hydrogens is 382 g/mol.